The zero-order valence-corrected chi connectivity index (χ0v) is 14.4. The first-order valence-corrected chi connectivity index (χ1v) is 7.61. The number of hydrogen-bond donors (Lipinski definition) is 3. The van der Waals surface area contributed by atoms with Gasteiger partial charge in [0, 0.05) is 14.2 Å². The molecule has 0 unspecified atom stereocenters. The van der Waals surface area contributed by atoms with Gasteiger partial charge in [0.25, 0.3) is 0 Å². The van der Waals surface area contributed by atoms with E-state index in [0.717, 1.165) is 18.4 Å². The van der Waals surface area contributed by atoms with Crippen molar-refractivity contribution in [2.45, 2.75) is 33.1 Å². The van der Waals surface area contributed by atoms with Crippen LogP contribution in [0.25, 0.3) is 0 Å². The predicted molar refractivity (Wildman–Crippen MR) is 94.2 cm³/mol. The molecule has 0 bridgehead atoms. The minimum Gasteiger partial charge on any atom is -0.508 e. The highest BCUT2D eigenvalue weighted by molar-refractivity contribution is 5.35. The summed E-state index contributed by atoms with van der Waals surface area (Å²) < 4.78 is 4.25. The standard InChI is InChI=1S/C11H16O.C6H6O2.C2H6O/c1-3-4-5-10-8-9(2)6-7-11(10)12;7-5-1-2-6(8)4-3-5;1-3-2/h6-8,12H,3-5H2,1-2H3;1-4,7-8H;1-2H3. The Hall–Kier alpha value is -2.20. The van der Waals surface area contributed by atoms with E-state index >= 15 is 0 Å². The number of phenols is 3. The largest absolute Gasteiger partial charge is 0.508 e. The summed E-state index contributed by atoms with van der Waals surface area (Å²) in [6, 6.07) is 11.5. The first-order chi connectivity index (χ1) is 10.9. The minimum absolute atomic E-state index is 0.169. The summed E-state index contributed by atoms with van der Waals surface area (Å²) in [5.74, 6) is 0.777. The van der Waals surface area contributed by atoms with Crippen LogP contribution >= 0.6 is 0 Å². The van der Waals surface area contributed by atoms with E-state index in [4.69, 9.17) is 10.2 Å². The molecule has 0 heterocycles. The smallest absolute Gasteiger partial charge is 0.118 e. The van der Waals surface area contributed by atoms with Crippen molar-refractivity contribution >= 4 is 0 Å². The predicted octanol–water partition coefficient (Wildman–Crippen LogP) is 4.40. The number of rotatable bonds is 3. The number of benzene rings is 2. The zero-order chi connectivity index (χ0) is 17.7. The fourth-order valence-electron chi connectivity index (χ4n) is 1.73. The van der Waals surface area contributed by atoms with Crippen molar-refractivity contribution in [3.63, 3.8) is 0 Å². The summed E-state index contributed by atoms with van der Waals surface area (Å²) in [6.07, 6.45) is 3.31. The van der Waals surface area contributed by atoms with Crippen LogP contribution in [0, 0.1) is 6.92 Å². The molecule has 0 aliphatic carbocycles. The SMILES string of the molecule is CCCCc1cc(C)ccc1O.COC.Oc1ccc(O)cc1. The molecule has 4 heteroatoms. The lowest BCUT2D eigenvalue weighted by Gasteiger charge is -2.04. The number of aryl methyl sites for hydroxylation is 2. The maximum absolute atomic E-state index is 9.46. The molecule has 2 aromatic rings. The Morgan fingerprint density at radius 3 is 1.78 bits per heavy atom. The van der Waals surface area contributed by atoms with Gasteiger partial charge in [0.05, 0.1) is 0 Å². The highest BCUT2D eigenvalue weighted by atomic mass is 16.4. The molecule has 23 heavy (non-hydrogen) atoms. The summed E-state index contributed by atoms with van der Waals surface area (Å²) in [4.78, 5) is 0. The van der Waals surface area contributed by atoms with Crippen molar-refractivity contribution in [3.8, 4) is 17.2 Å². The van der Waals surface area contributed by atoms with Gasteiger partial charge in [-0.2, -0.15) is 0 Å². The molecule has 2 rings (SSSR count). The quantitative estimate of drug-likeness (QED) is 0.733. The number of hydrogen-bond acceptors (Lipinski definition) is 4. The van der Waals surface area contributed by atoms with Gasteiger partial charge < -0.3 is 20.1 Å². The third-order valence-electron chi connectivity index (χ3n) is 2.88. The lowest BCUT2D eigenvalue weighted by atomic mass is 10.1. The average Bonchev–Trinajstić information content (AvgIpc) is 2.52. The third kappa shape index (κ3) is 10.2. The van der Waals surface area contributed by atoms with Gasteiger partial charge in [-0.05, 0) is 55.7 Å². The van der Waals surface area contributed by atoms with Crippen LogP contribution in [-0.4, -0.2) is 29.5 Å². The Labute approximate surface area is 139 Å². The molecule has 0 radical (unpaired) electrons. The molecule has 3 N–H and O–H groups in total. The molecule has 0 aliphatic rings. The second kappa shape index (κ2) is 12.4. The van der Waals surface area contributed by atoms with E-state index < -0.39 is 0 Å². The lowest BCUT2D eigenvalue weighted by molar-refractivity contribution is 0.277. The van der Waals surface area contributed by atoms with Crippen LogP contribution in [0.15, 0.2) is 42.5 Å². The molecule has 128 valence electrons. The molecule has 0 saturated carbocycles. The van der Waals surface area contributed by atoms with Gasteiger partial charge in [-0.3, -0.25) is 0 Å². The lowest BCUT2D eigenvalue weighted by Crippen LogP contribution is -1.86. The molecule has 0 fully saturated rings. The topological polar surface area (TPSA) is 69.9 Å². The molecular formula is C19H28O4. The van der Waals surface area contributed by atoms with Crippen LogP contribution in [-0.2, 0) is 11.2 Å². The Morgan fingerprint density at radius 2 is 1.35 bits per heavy atom. The molecule has 4 nitrogen and oxygen atoms in total. The monoisotopic (exact) mass is 320 g/mol. The molecule has 0 spiro atoms. The Morgan fingerprint density at radius 1 is 0.870 bits per heavy atom. The Bertz CT molecular complexity index is 515. The fraction of sp³-hybridized carbons (Fsp3) is 0.368. The highest BCUT2D eigenvalue weighted by Crippen LogP contribution is 2.19. The summed E-state index contributed by atoms with van der Waals surface area (Å²) in [5, 5.41) is 26.8. The van der Waals surface area contributed by atoms with Crippen LogP contribution in [0.2, 0.25) is 0 Å². The molecule has 0 atom stereocenters. The minimum atomic E-state index is 0.169. The first-order valence-electron chi connectivity index (χ1n) is 7.61. The normalized spacial score (nSPS) is 9.22. The van der Waals surface area contributed by atoms with Gasteiger partial charge in [-0.15, -0.1) is 0 Å². The van der Waals surface area contributed by atoms with Crippen LogP contribution in [0.4, 0.5) is 0 Å². The highest BCUT2D eigenvalue weighted by Gasteiger charge is 1.99. The van der Waals surface area contributed by atoms with Gasteiger partial charge in [0.1, 0.15) is 17.2 Å². The van der Waals surface area contributed by atoms with Gasteiger partial charge in [-0.1, -0.05) is 31.0 Å². The second-order valence-electron chi connectivity index (χ2n) is 5.16. The average molecular weight is 320 g/mol. The van der Waals surface area contributed by atoms with E-state index in [-0.39, 0.29) is 11.5 Å². The van der Waals surface area contributed by atoms with Crippen molar-refractivity contribution < 1.29 is 20.1 Å². The zero-order valence-electron chi connectivity index (χ0n) is 14.4. The van der Waals surface area contributed by atoms with Crippen LogP contribution in [0.3, 0.4) is 0 Å². The van der Waals surface area contributed by atoms with Crippen molar-refractivity contribution in [1.29, 1.82) is 0 Å². The van der Waals surface area contributed by atoms with Crippen molar-refractivity contribution in [2.75, 3.05) is 14.2 Å². The van der Waals surface area contributed by atoms with Crippen molar-refractivity contribution in [2.24, 2.45) is 0 Å². The van der Waals surface area contributed by atoms with Gasteiger partial charge in [0.2, 0.25) is 0 Å². The molecule has 0 aliphatic heterocycles. The summed E-state index contributed by atoms with van der Waals surface area (Å²) in [7, 11) is 3.25. The van der Waals surface area contributed by atoms with E-state index in [1.165, 1.54) is 36.2 Å². The number of phenolic OH excluding ortho intramolecular Hbond substituents is 3. The number of methoxy groups -OCH3 is 1. The summed E-state index contributed by atoms with van der Waals surface area (Å²) >= 11 is 0. The van der Waals surface area contributed by atoms with Crippen molar-refractivity contribution in [3.05, 3.63) is 53.6 Å². The maximum Gasteiger partial charge on any atom is 0.118 e. The van der Waals surface area contributed by atoms with Crippen molar-refractivity contribution in [1.82, 2.24) is 0 Å². The van der Waals surface area contributed by atoms with E-state index in [1.807, 2.05) is 6.07 Å². The van der Waals surface area contributed by atoms with Crippen LogP contribution < -0.4 is 0 Å². The van der Waals surface area contributed by atoms with Crippen LogP contribution in [0.5, 0.6) is 17.2 Å². The van der Waals surface area contributed by atoms with E-state index in [9.17, 15) is 5.11 Å². The summed E-state index contributed by atoms with van der Waals surface area (Å²) in [5.41, 5.74) is 2.30. The van der Waals surface area contributed by atoms with Gasteiger partial charge in [0.15, 0.2) is 0 Å². The second-order valence-corrected chi connectivity index (χ2v) is 5.16. The molecule has 0 saturated heterocycles. The number of unbranched alkanes of at least 4 members (excludes halogenated alkanes) is 1. The van der Waals surface area contributed by atoms with Crippen LogP contribution in [0.1, 0.15) is 30.9 Å². The molecule has 0 aromatic heterocycles. The molecular weight excluding hydrogens is 292 g/mol. The molecule has 0 amide bonds. The first kappa shape index (κ1) is 20.8. The van der Waals surface area contributed by atoms with Gasteiger partial charge in [-0.25, -0.2) is 0 Å². The van der Waals surface area contributed by atoms with Gasteiger partial charge >= 0.3 is 0 Å². The Balaban J connectivity index is 0.000000379. The number of ether oxygens (including phenoxy) is 1. The fourth-order valence-corrected chi connectivity index (χ4v) is 1.73. The van der Waals surface area contributed by atoms with E-state index in [2.05, 4.69) is 24.7 Å². The van der Waals surface area contributed by atoms with E-state index in [1.54, 1.807) is 20.3 Å². The van der Waals surface area contributed by atoms with E-state index in [0.29, 0.717) is 5.75 Å². The maximum atomic E-state index is 9.46. The number of aromatic hydroxyl groups is 3. The molecule has 2 aromatic carbocycles. The third-order valence-corrected chi connectivity index (χ3v) is 2.88. The summed E-state index contributed by atoms with van der Waals surface area (Å²) in [6.45, 7) is 4.21. The Kier molecular flexibility index (Phi) is 11.2.